The predicted octanol–water partition coefficient (Wildman–Crippen LogP) is 3.60. The van der Waals surface area contributed by atoms with E-state index in [0.29, 0.717) is 16.8 Å². The zero-order chi connectivity index (χ0) is 21.8. The van der Waals surface area contributed by atoms with Crippen molar-refractivity contribution in [1.29, 1.82) is 0 Å². The summed E-state index contributed by atoms with van der Waals surface area (Å²) < 4.78 is 20.4. The molecule has 4 rings (SSSR count). The molecular weight excluding hydrogens is 421 g/mol. The van der Waals surface area contributed by atoms with Gasteiger partial charge < -0.3 is 4.74 Å². The molecule has 3 aromatic rings. The Hall–Kier alpha value is -3.14. The summed E-state index contributed by atoms with van der Waals surface area (Å²) >= 11 is 1.36. The van der Waals surface area contributed by atoms with E-state index in [4.69, 9.17) is 4.74 Å². The molecule has 1 amide bonds. The monoisotopic (exact) mass is 443 g/mol. The molecule has 1 N–H and O–H groups in total. The van der Waals surface area contributed by atoms with Crippen molar-refractivity contribution in [1.82, 2.24) is 20.0 Å². The molecule has 2 heterocycles. The smallest absolute Gasteiger partial charge is 0.267 e. The van der Waals surface area contributed by atoms with Crippen molar-refractivity contribution in [3.63, 3.8) is 0 Å². The van der Waals surface area contributed by atoms with Crippen LogP contribution in [-0.4, -0.2) is 33.0 Å². The number of hydrogen-bond donors (Lipinski definition) is 1. The average molecular weight is 444 g/mol. The fourth-order valence-electron chi connectivity index (χ4n) is 3.63. The van der Waals surface area contributed by atoms with Gasteiger partial charge >= 0.3 is 0 Å². The fourth-order valence-corrected chi connectivity index (χ4v) is 4.56. The van der Waals surface area contributed by atoms with Gasteiger partial charge in [0.05, 0.1) is 12.8 Å². The summed E-state index contributed by atoms with van der Waals surface area (Å²) in [4.78, 5) is 24.6. The van der Waals surface area contributed by atoms with Crippen molar-refractivity contribution < 1.29 is 13.9 Å². The Labute approximate surface area is 182 Å². The highest BCUT2D eigenvalue weighted by atomic mass is 32.1. The number of aromatic nitrogens is 4. The number of hydrogen-bond acceptors (Lipinski definition) is 7. The highest BCUT2D eigenvalue weighted by Crippen LogP contribution is 2.35. The number of nitrogens with zero attached hydrogens (tertiary/aromatic N) is 4. The van der Waals surface area contributed by atoms with Crippen LogP contribution in [0, 0.1) is 5.82 Å². The molecular formula is C21H22FN5O3S. The molecule has 31 heavy (non-hydrogen) atoms. The Bertz CT molecular complexity index is 1140. The lowest BCUT2D eigenvalue weighted by molar-refractivity contribution is -0.117. The first-order valence-corrected chi connectivity index (χ1v) is 10.9. The maximum absolute atomic E-state index is 14.4. The highest BCUT2D eigenvalue weighted by Gasteiger charge is 2.20. The number of methoxy groups -OCH3 is 1. The lowest BCUT2D eigenvalue weighted by Gasteiger charge is -2.18. The molecule has 1 saturated carbocycles. The van der Waals surface area contributed by atoms with E-state index in [-0.39, 0.29) is 17.8 Å². The molecule has 10 heteroatoms. The lowest BCUT2D eigenvalue weighted by Crippen LogP contribution is -2.29. The molecule has 162 valence electrons. The summed E-state index contributed by atoms with van der Waals surface area (Å²) in [6, 6.07) is 7.02. The number of ether oxygens (including phenoxy) is 1. The molecule has 1 aliphatic carbocycles. The molecule has 1 fully saturated rings. The Kier molecular flexibility index (Phi) is 6.36. The molecule has 1 aromatic carbocycles. The third-order valence-corrected chi connectivity index (χ3v) is 6.25. The Balaban J connectivity index is 1.46. The molecule has 0 aliphatic heterocycles. The van der Waals surface area contributed by atoms with Crippen molar-refractivity contribution in [2.45, 2.75) is 44.6 Å². The van der Waals surface area contributed by atoms with E-state index in [1.54, 1.807) is 6.07 Å². The Morgan fingerprint density at radius 3 is 2.77 bits per heavy atom. The fraction of sp³-hybridized carbons (Fsp3) is 0.381. The van der Waals surface area contributed by atoms with Crippen LogP contribution in [0.4, 0.5) is 9.52 Å². The van der Waals surface area contributed by atoms with Gasteiger partial charge in [0.25, 0.3) is 5.56 Å². The van der Waals surface area contributed by atoms with Gasteiger partial charge in [-0.1, -0.05) is 30.6 Å². The van der Waals surface area contributed by atoms with Crippen molar-refractivity contribution in [3.05, 3.63) is 51.5 Å². The van der Waals surface area contributed by atoms with Gasteiger partial charge in [-0.25, -0.2) is 9.07 Å². The molecule has 0 bridgehead atoms. The van der Waals surface area contributed by atoms with Gasteiger partial charge in [0.2, 0.25) is 11.0 Å². The van der Waals surface area contributed by atoms with Crippen LogP contribution in [0.2, 0.25) is 0 Å². The predicted molar refractivity (Wildman–Crippen MR) is 115 cm³/mol. The standard InChI is InChI=1S/C21H22FN5O3S/c1-30-14-7-8-15(16(22)11-14)17-9-10-19(29)27(26-17)12-18(28)23-21-25-24-20(31-21)13-5-3-2-4-6-13/h7-11,13H,2-6,12H2,1H3,(H,23,25,28). The minimum atomic E-state index is -0.536. The third kappa shape index (κ3) is 4.96. The van der Waals surface area contributed by atoms with E-state index in [9.17, 15) is 14.0 Å². The van der Waals surface area contributed by atoms with Crippen LogP contribution in [0.25, 0.3) is 11.3 Å². The number of carbonyl (C=O) groups excluding carboxylic acids is 1. The molecule has 2 aromatic heterocycles. The first-order chi connectivity index (χ1) is 15.0. The van der Waals surface area contributed by atoms with Crippen molar-refractivity contribution in [3.8, 4) is 17.0 Å². The number of rotatable bonds is 6. The van der Waals surface area contributed by atoms with Gasteiger partial charge in [0.1, 0.15) is 23.1 Å². The minimum Gasteiger partial charge on any atom is -0.497 e. The number of carbonyl (C=O) groups is 1. The van der Waals surface area contributed by atoms with Crippen LogP contribution in [0.5, 0.6) is 5.75 Å². The second-order valence-electron chi connectivity index (χ2n) is 7.39. The topological polar surface area (TPSA) is 99.0 Å². The summed E-state index contributed by atoms with van der Waals surface area (Å²) in [5.41, 5.74) is -0.0211. The Morgan fingerprint density at radius 1 is 1.23 bits per heavy atom. The van der Waals surface area contributed by atoms with Crippen LogP contribution < -0.4 is 15.6 Å². The molecule has 0 saturated heterocycles. The van der Waals surface area contributed by atoms with Gasteiger partial charge in [-0.05, 0) is 31.0 Å². The number of amides is 1. The van der Waals surface area contributed by atoms with Gasteiger partial charge in [-0.2, -0.15) is 5.10 Å². The van der Waals surface area contributed by atoms with E-state index in [1.807, 2.05) is 0 Å². The van der Waals surface area contributed by atoms with Crippen molar-refractivity contribution >= 4 is 22.4 Å². The van der Waals surface area contributed by atoms with Crippen molar-refractivity contribution in [2.75, 3.05) is 12.4 Å². The van der Waals surface area contributed by atoms with Crippen LogP contribution in [0.3, 0.4) is 0 Å². The maximum Gasteiger partial charge on any atom is 0.267 e. The number of benzene rings is 1. The SMILES string of the molecule is COc1ccc(-c2ccc(=O)n(CC(=O)Nc3nnc(C4CCCCC4)s3)n2)c(F)c1. The first kappa shape index (κ1) is 21.1. The summed E-state index contributed by atoms with van der Waals surface area (Å²) in [6.07, 6.45) is 5.81. The summed E-state index contributed by atoms with van der Waals surface area (Å²) in [5, 5.41) is 16.4. The van der Waals surface area contributed by atoms with E-state index in [1.165, 1.54) is 62.0 Å². The van der Waals surface area contributed by atoms with Gasteiger partial charge in [-0.15, -0.1) is 10.2 Å². The second kappa shape index (κ2) is 9.34. The zero-order valence-electron chi connectivity index (χ0n) is 17.0. The molecule has 0 spiro atoms. The average Bonchev–Trinajstić information content (AvgIpc) is 3.24. The minimum absolute atomic E-state index is 0.205. The van der Waals surface area contributed by atoms with Gasteiger partial charge in [0, 0.05) is 23.6 Å². The third-order valence-electron chi connectivity index (χ3n) is 5.25. The van der Waals surface area contributed by atoms with E-state index >= 15 is 0 Å². The largest absolute Gasteiger partial charge is 0.497 e. The van der Waals surface area contributed by atoms with Crippen LogP contribution in [0.1, 0.15) is 43.0 Å². The summed E-state index contributed by atoms with van der Waals surface area (Å²) in [7, 11) is 1.45. The summed E-state index contributed by atoms with van der Waals surface area (Å²) in [5.74, 6) is -0.213. The van der Waals surface area contributed by atoms with E-state index < -0.39 is 17.3 Å². The van der Waals surface area contributed by atoms with Crippen LogP contribution >= 0.6 is 11.3 Å². The maximum atomic E-state index is 14.4. The van der Waals surface area contributed by atoms with E-state index in [0.717, 1.165) is 22.5 Å². The number of halogens is 1. The molecule has 0 unspecified atom stereocenters. The quantitative estimate of drug-likeness (QED) is 0.625. The Morgan fingerprint density at radius 2 is 2.03 bits per heavy atom. The molecule has 1 aliphatic rings. The molecule has 0 radical (unpaired) electrons. The number of anilines is 1. The van der Waals surface area contributed by atoms with Crippen LogP contribution in [-0.2, 0) is 11.3 Å². The van der Waals surface area contributed by atoms with Gasteiger partial charge in [-0.3, -0.25) is 14.9 Å². The van der Waals surface area contributed by atoms with Crippen LogP contribution in [0.15, 0.2) is 35.1 Å². The first-order valence-electron chi connectivity index (χ1n) is 10.1. The molecule has 0 atom stereocenters. The second-order valence-corrected chi connectivity index (χ2v) is 8.40. The van der Waals surface area contributed by atoms with Gasteiger partial charge in [0.15, 0.2) is 0 Å². The van der Waals surface area contributed by atoms with E-state index in [2.05, 4.69) is 20.6 Å². The lowest BCUT2D eigenvalue weighted by atomic mass is 9.90. The molecule has 8 nitrogen and oxygen atoms in total. The van der Waals surface area contributed by atoms with Crippen molar-refractivity contribution in [2.24, 2.45) is 0 Å². The summed E-state index contributed by atoms with van der Waals surface area (Å²) in [6.45, 7) is -0.317. The normalized spacial score (nSPS) is 14.4. The zero-order valence-corrected chi connectivity index (χ0v) is 17.8. The number of nitrogens with one attached hydrogen (secondary N) is 1. The highest BCUT2D eigenvalue weighted by molar-refractivity contribution is 7.15.